The Labute approximate surface area is 112 Å². The SMILES string of the molecule is Fc1cc(Cl)ncc1C#Cc1cnn(CC(F)F)c1. The van der Waals surface area contributed by atoms with Crippen molar-refractivity contribution < 1.29 is 13.2 Å². The van der Waals surface area contributed by atoms with Gasteiger partial charge in [0.05, 0.1) is 17.3 Å². The van der Waals surface area contributed by atoms with Crippen LogP contribution in [0.4, 0.5) is 13.2 Å². The van der Waals surface area contributed by atoms with Gasteiger partial charge in [-0.2, -0.15) is 5.10 Å². The molecule has 0 amide bonds. The fourth-order valence-electron chi connectivity index (χ4n) is 1.31. The molecule has 0 aromatic carbocycles. The highest BCUT2D eigenvalue weighted by Crippen LogP contribution is 2.10. The molecule has 2 aromatic rings. The van der Waals surface area contributed by atoms with Gasteiger partial charge in [0.15, 0.2) is 0 Å². The molecule has 19 heavy (non-hydrogen) atoms. The van der Waals surface area contributed by atoms with E-state index >= 15 is 0 Å². The van der Waals surface area contributed by atoms with Crippen LogP contribution < -0.4 is 0 Å². The Kier molecular flexibility index (Phi) is 4.07. The number of hydrogen-bond acceptors (Lipinski definition) is 2. The van der Waals surface area contributed by atoms with Crippen molar-refractivity contribution in [1.29, 1.82) is 0 Å². The van der Waals surface area contributed by atoms with Crippen LogP contribution in [0.5, 0.6) is 0 Å². The molecule has 2 aromatic heterocycles. The molecule has 2 heterocycles. The van der Waals surface area contributed by atoms with E-state index in [-0.39, 0.29) is 10.7 Å². The molecule has 0 spiro atoms. The van der Waals surface area contributed by atoms with E-state index in [2.05, 4.69) is 21.9 Å². The molecule has 0 unspecified atom stereocenters. The van der Waals surface area contributed by atoms with Crippen LogP contribution in [0.2, 0.25) is 5.15 Å². The Bertz CT molecular complexity index is 643. The van der Waals surface area contributed by atoms with Gasteiger partial charge in [-0.05, 0) is 0 Å². The smallest absolute Gasteiger partial charge is 0.257 e. The van der Waals surface area contributed by atoms with Gasteiger partial charge in [0.25, 0.3) is 6.43 Å². The minimum atomic E-state index is -2.49. The Morgan fingerprint density at radius 3 is 2.79 bits per heavy atom. The van der Waals surface area contributed by atoms with Crippen LogP contribution in [-0.2, 0) is 6.54 Å². The van der Waals surface area contributed by atoms with Crippen molar-refractivity contribution in [2.75, 3.05) is 0 Å². The first kappa shape index (κ1) is 13.4. The summed E-state index contributed by atoms with van der Waals surface area (Å²) in [4.78, 5) is 3.70. The molecule has 0 aliphatic heterocycles. The molecule has 3 nitrogen and oxygen atoms in total. The molecule has 0 saturated heterocycles. The first-order valence-electron chi connectivity index (χ1n) is 5.18. The summed E-state index contributed by atoms with van der Waals surface area (Å²) in [5.41, 5.74) is 0.487. The lowest BCUT2D eigenvalue weighted by molar-refractivity contribution is 0.122. The summed E-state index contributed by atoms with van der Waals surface area (Å²) in [6.07, 6.45) is 1.41. The molecule has 7 heteroatoms. The van der Waals surface area contributed by atoms with Gasteiger partial charge in [-0.25, -0.2) is 18.2 Å². The average Bonchev–Trinajstić information content (AvgIpc) is 2.74. The van der Waals surface area contributed by atoms with Gasteiger partial charge in [-0.3, -0.25) is 4.68 Å². The minimum Gasteiger partial charge on any atom is -0.266 e. The predicted octanol–water partition coefficient (Wildman–Crippen LogP) is 2.74. The molecule has 0 atom stereocenters. The highest BCUT2D eigenvalue weighted by molar-refractivity contribution is 6.29. The number of rotatable bonds is 2. The van der Waals surface area contributed by atoms with Gasteiger partial charge < -0.3 is 0 Å². The lowest BCUT2D eigenvalue weighted by atomic mass is 10.2. The molecule has 0 bridgehead atoms. The summed E-state index contributed by atoms with van der Waals surface area (Å²) in [7, 11) is 0. The zero-order chi connectivity index (χ0) is 13.8. The van der Waals surface area contributed by atoms with E-state index in [1.165, 1.54) is 18.6 Å². The van der Waals surface area contributed by atoms with Crippen molar-refractivity contribution in [2.45, 2.75) is 13.0 Å². The molecule has 98 valence electrons. The van der Waals surface area contributed by atoms with E-state index in [0.717, 1.165) is 10.7 Å². The molecule has 2 rings (SSSR count). The van der Waals surface area contributed by atoms with Crippen molar-refractivity contribution in [3.05, 3.63) is 46.8 Å². The predicted molar refractivity (Wildman–Crippen MR) is 63.4 cm³/mol. The van der Waals surface area contributed by atoms with Crippen LogP contribution in [-0.4, -0.2) is 21.2 Å². The zero-order valence-corrected chi connectivity index (χ0v) is 10.2. The molecular formula is C12H7ClF3N3. The van der Waals surface area contributed by atoms with Gasteiger partial charge in [0.1, 0.15) is 17.5 Å². The largest absolute Gasteiger partial charge is 0.266 e. The van der Waals surface area contributed by atoms with Crippen LogP contribution in [0, 0.1) is 17.7 Å². The third-order valence-electron chi connectivity index (χ3n) is 2.12. The first-order chi connectivity index (χ1) is 9.04. The Morgan fingerprint density at radius 1 is 1.32 bits per heavy atom. The van der Waals surface area contributed by atoms with Crippen molar-refractivity contribution in [1.82, 2.24) is 14.8 Å². The molecule has 0 N–H and O–H groups in total. The van der Waals surface area contributed by atoms with Gasteiger partial charge >= 0.3 is 0 Å². The van der Waals surface area contributed by atoms with Gasteiger partial charge in [0.2, 0.25) is 0 Å². The maximum absolute atomic E-state index is 13.4. The van der Waals surface area contributed by atoms with E-state index < -0.39 is 18.8 Å². The monoisotopic (exact) mass is 285 g/mol. The van der Waals surface area contributed by atoms with E-state index in [9.17, 15) is 13.2 Å². The highest BCUT2D eigenvalue weighted by atomic mass is 35.5. The topological polar surface area (TPSA) is 30.7 Å². The maximum atomic E-state index is 13.4. The minimum absolute atomic E-state index is 0.0350. The molecule has 0 radical (unpaired) electrons. The van der Waals surface area contributed by atoms with Crippen LogP contribution in [0.1, 0.15) is 11.1 Å². The van der Waals surface area contributed by atoms with Gasteiger partial charge in [0, 0.05) is 18.5 Å². The summed E-state index contributed by atoms with van der Waals surface area (Å²) < 4.78 is 38.7. The number of pyridine rings is 1. The van der Waals surface area contributed by atoms with Gasteiger partial charge in [-0.1, -0.05) is 23.4 Å². The highest BCUT2D eigenvalue weighted by Gasteiger charge is 2.05. The van der Waals surface area contributed by atoms with Crippen molar-refractivity contribution in [3.63, 3.8) is 0 Å². The maximum Gasteiger partial charge on any atom is 0.257 e. The molecular weight excluding hydrogens is 279 g/mol. The van der Waals surface area contributed by atoms with Gasteiger partial charge in [-0.15, -0.1) is 0 Å². The van der Waals surface area contributed by atoms with Crippen LogP contribution in [0.25, 0.3) is 0 Å². The third-order valence-corrected chi connectivity index (χ3v) is 2.33. The van der Waals surface area contributed by atoms with E-state index in [1.54, 1.807) is 0 Å². The Hall–Kier alpha value is -2.00. The average molecular weight is 286 g/mol. The number of halogens is 4. The van der Waals surface area contributed by atoms with Crippen LogP contribution in [0.15, 0.2) is 24.7 Å². The summed E-state index contributed by atoms with van der Waals surface area (Å²) in [5.74, 6) is 4.56. The van der Waals surface area contributed by atoms with Crippen LogP contribution in [0.3, 0.4) is 0 Å². The standard InChI is InChI=1S/C12H7ClF3N3/c13-11-3-10(14)9(5-17-11)2-1-8-4-18-19(6-8)7-12(15)16/h3-6,12H,7H2. The number of hydrogen-bond donors (Lipinski definition) is 0. The molecule has 0 fully saturated rings. The van der Waals surface area contributed by atoms with Crippen LogP contribution >= 0.6 is 11.6 Å². The zero-order valence-electron chi connectivity index (χ0n) is 9.45. The van der Waals surface area contributed by atoms with Crippen molar-refractivity contribution in [2.24, 2.45) is 0 Å². The Morgan fingerprint density at radius 2 is 2.11 bits per heavy atom. The Balaban J connectivity index is 2.17. The second kappa shape index (κ2) is 5.76. The first-order valence-corrected chi connectivity index (χ1v) is 5.56. The van der Waals surface area contributed by atoms with Crippen molar-refractivity contribution >= 4 is 11.6 Å². The molecule has 0 saturated carbocycles. The second-order valence-electron chi connectivity index (χ2n) is 3.58. The molecule has 0 aliphatic rings. The molecule has 0 aliphatic carbocycles. The normalized spacial score (nSPS) is 10.4. The van der Waals surface area contributed by atoms with E-state index in [0.29, 0.717) is 5.56 Å². The number of alkyl halides is 2. The summed E-state index contributed by atoms with van der Waals surface area (Å²) in [5, 5.41) is 3.74. The summed E-state index contributed by atoms with van der Waals surface area (Å²) >= 11 is 5.50. The summed E-state index contributed by atoms with van der Waals surface area (Å²) in [6, 6.07) is 1.05. The second-order valence-corrected chi connectivity index (χ2v) is 3.97. The quantitative estimate of drug-likeness (QED) is 0.627. The lowest BCUT2D eigenvalue weighted by Gasteiger charge is -1.96. The van der Waals surface area contributed by atoms with Crippen molar-refractivity contribution in [3.8, 4) is 11.8 Å². The summed E-state index contributed by atoms with van der Waals surface area (Å²) in [6.45, 7) is -0.501. The third kappa shape index (κ3) is 3.73. The lowest BCUT2D eigenvalue weighted by Crippen LogP contribution is -2.06. The fourth-order valence-corrected chi connectivity index (χ4v) is 1.45. The number of aromatic nitrogens is 3. The fraction of sp³-hybridized carbons (Fsp3) is 0.167. The number of nitrogens with zero attached hydrogens (tertiary/aromatic N) is 3. The van der Waals surface area contributed by atoms with E-state index in [1.807, 2.05) is 0 Å². The van der Waals surface area contributed by atoms with E-state index in [4.69, 9.17) is 11.6 Å².